The molecule has 1 heterocycles. The zero-order valence-electron chi connectivity index (χ0n) is 17.0. The lowest BCUT2D eigenvalue weighted by molar-refractivity contribution is 0.102. The number of hydrogen-bond donors (Lipinski definition) is 1. The Morgan fingerprint density at radius 1 is 1.10 bits per heavy atom. The number of para-hydroxylation sites is 1. The first-order chi connectivity index (χ1) is 13.8. The van der Waals surface area contributed by atoms with E-state index in [1.807, 2.05) is 30.3 Å². The number of ketones is 1. The first-order valence-electron chi connectivity index (χ1n) is 9.68. The van der Waals surface area contributed by atoms with E-state index in [1.54, 1.807) is 22.8 Å². The zero-order chi connectivity index (χ0) is 21.0. The normalized spacial score (nSPS) is 11.7. The number of Topliss-reactive ketones (excluding diaryl/α,β-unsaturated/α-hetero) is 1. The maximum Gasteiger partial charge on any atom is 0.262 e. The first kappa shape index (κ1) is 21.3. The molecule has 0 aliphatic heterocycles. The second kappa shape index (κ2) is 8.93. The molecule has 3 aromatic rings. The highest BCUT2D eigenvalue weighted by Gasteiger charge is 2.16. The number of fused-ring (bicyclic) bond motifs is 1. The van der Waals surface area contributed by atoms with Crippen LogP contribution in [0, 0.1) is 0 Å². The Morgan fingerprint density at radius 3 is 2.45 bits per heavy atom. The zero-order valence-corrected chi connectivity index (χ0v) is 17.8. The van der Waals surface area contributed by atoms with Crippen molar-refractivity contribution in [2.75, 3.05) is 12.4 Å². The third-order valence-corrected chi connectivity index (χ3v) is 5.75. The van der Waals surface area contributed by atoms with Gasteiger partial charge in [-0.15, -0.1) is 0 Å². The van der Waals surface area contributed by atoms with Crippen molar-refractivity contribution < 1.29 is 9.90 Å². The lowest BCUT2D eigenvalue weighted by Crippen LogP contribution is -2.24. The average Bonchev–Trinajstić information content (AvgIpc) is 2.71. The molecule has 6 heteroatoms. The number of thioether (sulfide) groups is 1. The number of carbonyl (C=O) groups excluding carboxylic acids is 1. The van der Waals surface area contributed by atoms with Gasteiger partial charge in [-0.05, 0) is 29.5 Å². The molecule has 1 N–H and O–H groups in total. The highest BCUT2D eigenvalue weighted by Crippen LogP contribution is 2.23. The van der Waals surface area contributed by atoms with Crippen molar-refractivity contribution in [3.63, 3.8) is 0 Å². The summed E-state index contributed by atoms with van der Waals surface area (Å²) >= 11 is 1.26. The number of rotatable bonds is 7. The second-order valence-electron chi connectivity index (χ2n) is 7.98. The first-order valence-corrected chi connectivity index (χ1v) is 10.7. The summed E-state index contributed by atoms with van der Waals surface area (Å²) in [6.45, 7) is 6.76. The van der Waals surface area contributed by atoms with E-state index in [2.05, 4.69) is 25.8 Å². The molecule has 0 amide bonds. The molecule has 3 rings (SSSR count). The largest absolute Gasteiger partial charge is 0.396 e. The smallest absolute Gasteiger partial charge is 0.262 e. The molecule has 0 spiro atoms. The van der Waals surface area contributed by atoms with E-state index in [0.29, 0.717) is 34.6 Å². The Labute approximate surface area is 174 Å². The van der Waals surface area contributed by atoms with Crippen LogP contribution in [-0.4, -0.2) is 32.8 Å². The summed E-state index contributed by atoms with van der Waals surface area (Å²) in [5.74, 6) is 0.185. The van der Waals surface area contributed by atoms with Crippen LogP contribution in [0.2, 0.25) is 0 Å². The number of benzene rings is 2. The molecule has 152 valence electrons. The minimum absolute atomic E-state index is 0.00780. The van der Waals surface area contributed by atoms with Gasteiger partial charge in [0.1, 0.15) is 0 Å². The van der Waals surface area contributed by atoms with Gasteiger partial charge in [-0.3, -0.25) is 14.2 Å². The molecule has 0 aliphatic rings. The number of aliphatic hydroxyl groups excluding tert-OH is 1. The monoisotopic (exact) mass is 410 g/mol. The lowest BCUT2D eigenvalue weighted by atomic mass is 9.86. The summed E-state index contributed by atoms with van der Waals surface area (Å²) in [7, 11) is 0. The molecule has 0 atom stereocenters. The van der Waals surface area contributed by atoms with Crippen molar-refractivity contribution in [1.29, 1.82) is 0 Å². The highest BCUT2D eigenvalue weighted by molar-refractivity contribution is 7.99. The average molecular weight is 411 g/mol. The summed E-state index contributed by atoms with van der Waals surface area (Å²) in [5.41, 5.74) is 2.33. The molecule has 0 saturated carbocycles. The molecule has 0 bridgehead atoms. The van der Waals surface area contributed by atoms with Crippen LogP contribution in [0.1, 0.15) is 43.1 Å². The molecular formula is C23H26N2O3S. The van der Waals surface area contributed by atoms with Gasteiger partial charge in [-0.1, -0.05) is 68.9 Å². The number of carbonyl (C=O) groups is 1. The molecule has 0 saturated heterocycles. The van der Waals surface area contributed by atoms with E-state index in [-0.39, 0.29) is 29.1 Å². The Hall–Kier alpha value is -2.44. The Bertz CT molecular complexity index is 1070. The van der Waals surface area contributed by atoms with Gasteiger partial charge in [0.2, 0.25) is 0 Å². The summed E-state index contributed by atoms with van der Waals surface area (Å²) in [6, 6.07) is 14.9. The van der Waals surface area contributed by atoms with Crippen molar-refractivity contribution in [3.8, 4) is 0 Å². The third-order valence-electron chi connectivity index (χ3n) is 4.77. The third kappa shape index (κ3) is 4.95. The molecule has 0 fully saturated rings. The molecule has 0 unspecified atom stereocenters. The summed E-state index contributed by atoms with van der Waals surface area (Å²) < 4.78 is 1.55. The van der Waals surface area contributed by atoms with Crippen LogP contribution in [-0.2, 0) is 12.0 Å². The van der Waals surface area contributed by atoms with Crippen molar-refractivity contribution in [1.82, 2.24) is 9.55 Å². The van der Waals surface area contributed by atoms with Gasteiger partial charge in [-0.2, -0.15) is 0 Å². The number of aliphatic hydroxyl groups is 1. The summed E-state index contributed by atoms with van der Waals surface area (Å²) in [4.78, 5) is 30.1. The predicted molar refractivity (Wildman–Crippen MR) is 118 cm³/mol. The van der Waals surface area contributed by atoms with Crippen LogP contribution in [0.15, 0.2) is 58.5 Å². The molecular weight excluding hydrogens is 384 g/mol. The van der Waals surface area contributed by atoms with E-state index in [9.17, 15) is 14.7 Å². The standard InChI is InChI=1S/C23H26N2O3S/c1-23(2,3)17-11-9-16(10-12-17)20(27)15-29-22-24-19-8-5-4-7-18(19)21(28)25(22)13-6-14-26/h4-5,7-12,26H,6,13-15H2,1-3H3. The van der Waals surface area contributed by atoms with Crippen LogP contribution in [0.4, 0.5) is 0 Å². The topological polar surface area (TPSA) is 72.2 Å². The number of hydrogen-bond acceptors (Lipinski definition) is 5. The molecule has 2 aromatic carbocycles. The van der Waals surface area contributed by atoms with Crippen molar-refractivity contribution in [2.24, 2.45) is 0 Å². The predicted octanol–water partition coefficient (Wildman–Crippen LogP) is 4.05. The van der Waals surface area contributed by atoms with Crippen molar-refractivity contribution >= 4 is 28.4 Å². The van der Waals surface area contributed by atoms with Crippen LogP contribution < -0.4 is 5.56 Å². The van der Waals surface area contributed by atoms with Gasteiger partial charge in [0, 0.05) is 18.7 Å². The molecule has 1 aromatic heterocycles. The van der Waals surface area contributed by atoms with E-state index in [4.69, 9.17) is 0 Å². The Balaban J connectivity index is 1.83. The highest BCUT2D eigenvalue weighted by atomic mass is 32.2. The number of aromatic nitrogens is 2. The minimum atomic E-state index is -0.145. The van der Waals surface area contributed by atoms with Gasteiger partial charge >= 0.3 is 0 Å². The van der Waals surface area contributed by atoms with E-state index >= 15 is 0 Å². The maximum atomic E-state index is 12.8. The molecule has 29 heavy (non-hydrogen) atoms. The van der Waals surface area contributed by atoms with Gasteiger partial charge in [-0.25, -0.2) is 4.98 Å². The van der Waals surface area contributed by atoms with Gasteiger partial charge in [0.25, 0.3) is 5.56 Å². The number of nitrogens with zero attached hydrogens (tertiary/aromatic N) is 2. The van der Waals surface area contributed by atoms with E-state index < -0.39 is 0 Å². The fourth-order valence-electron chi connectivity index (χ4n) is 3.05. The van der Waals surface area contributed by atoms with Crippen LogP contribution >= 0.6 is 11.8 Å². The molecule has 0 radical (unpaired) electrons. The van der Waals surface area contributed by atoms with E-state index in [1.165, 1.54) is 17.3 Å². The van der Waals surface area contributed by atoms with Crippen LogP contribution in [0.5, 0.6) is 0 Å². The van der Waals surface area contributed by atoms with Gasteiger partial charge in [0.05, 0.1) is 16.7 Å². The second-order valence-corrected chi connectivity index (χ2v) is 8.93. The quantitative estimate of drug-likeness (QED) is 0.361. The van der Waals surface area contributed by atoms with Crippen molar-refractivity contribution in [3.05, 3.63) is 70.0 Å². The molecule has 0 aliphatic carbocycles. The van der Waals surface area contributed by atoms with Gasteiger partial charge < -0.3 is 5.11 Å². The SMILES string of the molecule is CC(C)(C)c1ccc(C(=O)CSc2nc3ccccc3c(=O)n2CCCO)cc1. The summed E-state index contributed by atoms with van der Waals surface area (Å²) in [6.07, 6.45) is 0.454. The minimum Gasteiger partial charge on any atom is -0.396 e. The molecule has 5 nitrogen and oxygen atoms in total. The fraction of sp³-hybridized carbons (Fsp3) is 0.348. The van der Waals surface area contributed by atoms with Gasteiger partial charge in [0.15, 0.2) is 10.9 Å². The van der Waals surface area contributed by atoms with Crippen LogP contribution in [0.25, 0.3) is 10.9 Å². The lowest BCUT2D eigenvalue weighted by Gasteiger charge is -2.19. The Kier molecular flexibility index (Phi) is 6.55. The fourth-order valence-corrected chi connectivity index (χ4v) is 3.97. The Morgan fingerprint density at radius 2 is 1.79 bits per heavy atom. The maximum absolute atomic E-state index is 12.8. The van der Waals surface area contributed by atoms with Crippen molar-refractivity contribution in [2.45, 2.75) is 44.3 Å². The van der Waals surface area contributed by atoms with Crippen LogP contribution in [0.3, 0.4) is 0 Å². The summed E-state index contributed by atoms with van der Waals surface area (Å²) in [5, 5.41) is 10.2. The van der Waals surface area contributed by atoms with E-state index in [0.717, 1.165) is 0 Å².